The van der Waals surface area contributed by atoms with Crippen molar-refractivity contribution >= 4 is 10.8 Å². The van der Waals surface area contributed by atoms with Crippen LogP contribution in [-0.4, -0.2) is 9.37 Å². The summed E-state index contributed by atoms with van der Waals surface area (Å²) in [6, 6.07) is 1.74. The van der Waals surface area contributed by atoms with Crippen LogP contribution in [0.2, 0.25) is 0 Å². The highest BCUT2D eigenvalue weighted by Gasteiger charge is 2.16. The Labute approximate surface area is 96.1 Å². The van der Waals surface area contributed by atoms with E-state index in [9.17, 15) is 4.21 Å². The van der Waals surface area contributed by atoms with Gasteiger partial charge in [-0.05, 0) is 26.8 Å². The highest BCUT2D eigenvalue weighted by molar-refractivity contribution is 7.84. The zero-order valence-electron chi connectivity index (χ0n) is 9.44. The van der Waals surface area contributed by atoms with E-state index < -0.39 is 10.8 Å². The number of hydrogen-bond donors (Lipinski definition) is 0. The summed E-state index contributed by atoms with van der Waals surface area (Å²) in [6.07, 6.45) is 1.55. The lowest BCUT2D eigenvalue weighted by molar-refractivity contribution is 0.392. The number of rotatable bonds is 3. The van der Waals surface area contributed by atoms with Crippen molar-refractivity contribution in [1.82, 2.24) is 5.16 Å². The maximum Gasteiger partial charge on any atom is 0.138 e. The summed E-state index contributed by atoms with van der Waals surface area (Å²) < 4.78 is 22.2. The molecular formula is C11H13NO3S. The monoisotopic (exact) mass is 239 g/mol. The third-order valence-corrected chi connectivity index (χ3v) is 3.98. The normalized spacial score (nSPS) is 12.9. The average molecular weight is 239 g/mol. The first-order valence-electron chi connectivity index (χ1n) is 4.94. The summed E-state index contributed by atoms with van der Waals surface area (Å²) in [7, 11) is -1.11. The lowest BCUT2D eigenvalue weighted by Gasteiger charge is -2.00. The number of aryl methyl sites for hydroxylation is 3. The molecule has 0 saturated carbocycles. The molecule has 1 atom stereocenters. The number of aromatic nitrogens is 1. The predicted molar refractivity (Wildman–Crippen MR) is 59.5 cm³/mol. The van der Waals surface area contributed by atoms with Crippen LogP contribution in [0.1, 0.15) is 22.8 Å². The molecule has 5 heteroatoms. The first-order valence-corrected chi connectivity index (χ1v) is 6.25. The van der Waals surface area contributed by atoms with E-state index in [0.29, 0.717) is 11.5 Å². The van der Waals surface area contributed by atoms with Gasteiger partial charge in [-0.2, -0.15) is 0 Å². The van der Waals surface area contributed by atoms with Crippen LogP contribution in [0.15, 0.2) is 26.2 Å². The van der Waals surface area contributed by atoms with Crippen molar-refractivity contribution in [2.24, 2.45) is 0 Å². The number of nitrogens with zero attached hydrogens (tertiary/aromatic N) is 1. The highest BCUT2D eigenvalue weighted by atomic mass is 32.2. The molecule has 0 fully saturated rings. The Bertz CT molecular complexity index is 508. The van der Waals surface area contributed by atoms with Gasteiger partial charge in [0.1, 0.15) is 11.5 Å². The van der Waals surface area contributed by atoms with Crippen LogP contribution in [0.4, 0.5) is 0 Å². The molecule has 0 N–H and O–H groups in total. The minimum atomic E-state index is -1.11. The van der Waals surface area contributed by atoms with Gasteiger partial charge < -0.3 is 8.94 Å². The quantitative estimate of drug-likeness (QED) is 0.825. The molecule has 0 aliphatic carbocycles. The molecule has 0 radical (unpaired) electrons. The summed E-state index contributed by atoms with van der Waals surface area (Å²) >= 11 is 0. The van der Waals surface area contributed by atoms with Gasteiger partial charge >= 0.3 is 0 Å². The minimum absolute atomic E-state index is 0.418. The molecular weight excluding hydrogens is 226 g/mol. The molecule has 4 nitrogen and oxygen atoms in total. The van der Waals surface area contributed by atoms with Crippen LogP contribution in [0, 0.1) is 20.8 Å². The Hall–Kier alpha value is -1.36. The van der Waals surface area contributed by atoms with E-state index in [1.165, 1.54) is 0 Å². The Morgan fingerprint density at radius 1 is 1.31 bits per heavy atom. The molecule has 0 spiro atoms. The van der Waals surface area contributed by atoms with Crippen LogP contribution in [0.25, 0.3) is 0 Å². The van der Waals surface area contributed by atoms with E-state index in [1.54, 1.807) is 19.3 Å². The Morgan fingerprint density at radius 3 is 2.56 bits per heavy atom. The van der Waals surface area contributed by atoms with Gasteiger partial charge in [0.15, 0.2) is 0 Å². The second-order valence-electron chi connectivity index (χ2n) is 3.63. The maximum absolute atomic E-state index is 12.1. The summed E-state index contributed by atoms with van der Waals surface area (Å²) in [5.74, 6) is 1.85. The molecule has 2 heterocycles. The van der Waals surface area contributed by atoms with E-state index in [1.807, 2.05) is 13.8 Å². The van der Waals surface area contributed by atoms with Gasteiger partial charge in [0.2, 0.25) is 0 Å². The highest BCUT2D eigenvalue weighted by Crippen LogP contribution is 2.20. The van der Waals surface area contributed by atoms with Crippen LogP contribution >= 0.6 is 0 Å². The second kappa shape index (κ2) is 4.25. The summed E-state index contributed by atoms with van der Waals surface area (Å²) in [5.41, 5.74) is 1.71. The smallest absolute Gasteiger partial charge is 0.138 e. The fourth-order valence-electron chi connectivity index (χ4n) is 1.53. The zero-order valence-corrected chi connectivity index (χ0v) is 10.3. The van der Waals surface area contributed by atoms with Crippen molar-refractivity contribution in [3.63, 3.8) is 0 Å². The molecule has 0 aliphatic rings. The SMILES string of the molecule is Cc1noc(C)c1CS(=O)c1ccoc1C. The van der Waals surface area contributed by atoms with Gasteiger partial charge in [0, 0.05) is 5.56 Å². The van der Waals surface area contributed by atoms with Gasteiger partial charge in [-0.1, -0.05) is 5.16 Å². The van der Waals surface area contributed by atoms with Crippen LogP contribution in [0.3, 0.4) is 0 Å². The Kier molecular flexibility index (Phi) is 2.96. The van der Waals surface area contributed by atoms with Gasteiger partial charge in [-0.15, -0.1) is 0 Å². The van der Waals surface area contributed by atoms with Crippen LogP contribution in [-0.2, 0) is 16.6 Å². The predicted octanol–water partition coefficient (Wildman–Crippen LogP) is 2.50. The van der Waals surface area contributed by atoms with E-state index in [2.05, 4.69) is 5.16 Å². The molecule has 2 aromatic rings. The fourth-order valence-corrected chi connectivity index (χ4v) is 2.93. The largest absolute Gasteiger partial charge is 0.468 e. The van der Waals surface area contributed by atoms with E-state index in [-0.39, 0.29) is 0 Å². The van der Waals surface area contributed by atoms with Gasteiger partial charge in [0.05, 0.1) is 33.4 Å². The molecule has 1 unspecified atom stereocenters. The van der Waals surface area contributed by atoms with Gasteiger partial charge in [-0.25, -0.2) is 0 Å². The molecule has 0 amide bonds. The zero-order chi connectivity index (χ0) is 11.7. The molecule has 0 aromatic carbocycles. The van der Waals surface area contributed by atoms with Gasteiger partial charge in [-0.3, -0.25) is 4.21 Å². The molecule has 2 rings (SSSR count). The average Bonchev–Trinajstić information content (AvgIpc) is 2.79. The van der Waals surface area contributed by atoms with E-state index in [0.717, 1.165) is 21.9 Å². The first-order chi connectivity index (χ1) is 7.59. The lowest BCUT2D eigenvalue weighted by atomic mass is 10.2. The molecule has 0 aliphatic heterocycles. The molecule has 0 bridgehead atoms. The standard InChI is InChI=1S/C11H13NO3S/c1-7-10(8(2)15-12-7)6-16(13)11-4-5-14-9(11)3/h4-5H,6H2,1-3H3. The summed E-state index contributed by atoms with van der Waals surface area (Å²) in [5, 5.41) is 3.84. The van der Waals surface area contributed by atoms with E-state index in [4.69, 9.17) is 8.94 Å². The van der Waals surface area contributed by atoms with Crippen molar-refractivity contribution in [3.8, 4) is 0 Å². The Morgan fingerprint density at radius 2 is 2.06 bits per heavy atom. The third kappa shape index (κ3) is 1.95. The van der Waals surface area contributed by atoms with Crippen molar-refractivity contribution in [3.05, 3.63) is 35.1 Å². The minimum Gasteiger partial charge on any atom is -0.468 e. The van der Waals surface area contributed by atoms with Crippen molar-refractivity contribution in [1.29, 1.82) is 0 Å². The molecule has 2 aromatic heterocycles. The second-order valence-corrected chi connectivity index (χ2v) is 5.05. The lowest BCUT2D eigenvalue weighted by Crippen LogP contribution is -1.98. The van der Waals surface area contributed by atoms with Crippen LogP contribution < -0.4 is 0 Å². The van der Waals surface area contributed by atoms with Crippen molar-refractivity contribution in [2.45, 2.75) is 31.4 Å². The summed E-state index contributed by atoms with van der Waals surface area (Å²) in [6.45, 7) is 5.49. The Balaban J connectivity index is 2.24. The van der Waals surface area contributed by atoms with Crippen molar-refractivity contribution in [2.75, 3.05) is 0 Å². The number of hydrogen-bond acceptors (Lipinski definition) is 4. The summed E-state index contributed by atoms with van der Waals surface area (Å²) in [4.78, 5) is 0.736. The number of furan rings is 1. The maximum atomic E-state index is 12.1. The molecule has 0 saturated heterocycles. The molecule has 86 valence electrons. The fraction of sp³-hybridized carbons (Fsp3) is 0.364. The van der Waals surface area contributed by atoms with Crippen LogP contribution in [0.5, 0.6) is 0 Å². The third-order valence-electron chi connectivity index (χ3n) is 2.51. The van der Waals surface area contributed by atoms with Gasteiger partial charge in [0.25, 0.3) is 0 Å². The topological polar surface area (TPSA) is 56.2 Å². The first kappa shape index (κ1) is 11.1. The molecule has 16 heavy (non-hydrogen) atoms. The van der Waals surface area contributed by atoms with Crippen molar-refractivity contribution < 1.29 is 13.1 Å². The van der Waals surface area contributed by atoms with E-state index >= 15 is 0 Å².